The minimum absolute atomic E-state index is 0.617. The van der Waals surface area contributed by atoms with E-state index in [-0.39, 0.29) is 0 Å². The molecule has 0 saturated carbocycles. The summed E-state index contributed by atoms with van der Waals surface area (Å²) in [5, 5.41) is 3.55. The number of rotatable bonds is 3. The van der Waals surface area contributed by atoms with Gasteiger partial charge in [-0.2, -0.15) is 0 Å². The molecule has 0 radical (unpaired) electrons. The third kappa shape index (κ3) is 3.55. The maximum absolute atomic E-state index is 3.55. The highest BCUT2D eigenvalue weighted by Crippen LogP contribution is 2.13. The topological polar surface area (TPSA) is 15.3 Å². The smallest absolute Gasteiger partial charge is 0.0237 e. The Morgan fingerprint density at radius 2 is 2.06 bits per heavy atom. The Morgan fingerprint density at radius 3 is 2.82 bits per heavy atom. The van der Waals surface area contributed by atoms with Crippen LogP contribution >= 0.6 is 0 Å². The van der Waals surface area contributed by atoms with Crippen molar-refractivity contribution < 1.29 is 0 Å². The van der Waals surface area contributed by atoms with Crippen LogP contribution in [0.1, 0.15) is 31.4 Å². The zero-order valence-electron chi connectivity index (χ0n) is 11.1. The van der Waals surface area contributed by atoms with Crippen LogP contribution in [0.4, 0.5) is 0 Å². The van der Waals surface area contributed by atoms with Gasteiger partial charge < -0.3 is 5.32 Å². The van der Waals surface area contributed by atoms with Crippen molar-refractivity contribution in [2.45, 2.75) is 39.3 Å². The van der Waals surface area contributed by atoms with Gasteiger partial charge in [-0.3, -0.25) is 4.90 Å². The summed E-state index contributed by atoms with van der Waals surface area (Å²) in [6.07, 6.45) is 2.40. The van der Waals surface area contributed by atoms with Crippen molar-refractivity contribution in [3.8, 4) is 0 Å². The third-order valence-corrected chi connectivity index (χ3v) is 3.57. The Labute approximate surface area is 105 Å². The monoisotopic (exact) mass is 232 g/mol. The maximum Gasteiger partial charge on any atom is 0.0237 e. The molecule has 2 rings (SSSR count). The zero-order chi connectivity index (χ0) is 12.1. The fraction of sp³-hybridized carbons (Fsp3) is 0.600. The van der Waals surface area contributed by atoms with E-state index in [9.17, 15) is 0 Å². The minimum Gasteiger partial charge on any atom is -0.313 e. The molecular formula is C15H24N2. The van der Waals surface area contributed by atoms with Gasteiger partial charge in [0.25, 0.3) is 0 Å². The molecule has 1 fully saturated rings. The summed E-state index contributed by atoms with van der Waals surface area (Å²) >= 11 is 0. The van der Waals surface area contributed by atoms with Crippen LogP contribution in [0.3, 0.4) is 0 Å². The fourth-order valence-corrected chi connectivity index (χ4v) is 2.64. The van der Waals surface area contributed by atoms with Gasteiger partial charge in [0.15, 0.2) is 0 Å². The van der Waals surface area contributed by atoms with Crippen molar-refractivity contribution >= 4 is 0 Å². The Kier molecular flexibility index (Phi) is 4.57. The van der Waals surface area contributed by atoms with Crippen molar-refractivity contribution in [2.24, 2.45) is 0 Å². The van der Waals surface area contributed by atoms with Gasteiger partial charge in [-0.25, -0.2) is 0 Å². The van der Waals surface area contributed by atoms with Gasteiger partial charge in [0.05, 0.1) is 0 Å². The molecule has 2 nitrogen and oxygen atoms in total. The van der Waals surface area contributed by atoms with Crippen LogP contribution in [0, 0.1) is 0 Å². The predicted octanol–water partition coefficient (Wildman–Crippen LogP) is 2.43. The summed E-state index contributed by atoms with van der Waals surface area (Å²) < 4.78 is 0. The Bertz CT molecular complexity index is 349. The van der Waals surface area contributed by atoms with Gasteiger partial charge >= 0.3 is 0 Å². The molecule has 1 atom stereocenters. The van der Waals surface area contributed by atoms with Gasteiger partial charge in [0, 0.05) is 19.1 Å². The lowest BCUT2D eigenvalue weighted by Crippen LogP contribution is -2.35. The molecule has 0 aromatic heterocycles. The molecule has 0 bridgehead atoms. The second kappa shape index (κ2) is 6.18. The molecular weight excluding hydrogens is 208 g/mol. The summed E-state index contributed by atoms with van der Waals surface area (Å²) in [6.45, 7) is 9.17. The molecule has 1 saturated heterocycles. The van der Waals surface area contributed by atoms with Crippen LogP contribution in [0.25, 0.3) is 0 Å². The molecule has 0 aliphatic carbocycles. The number of hydrogen-bond donors (Lipinski definition) is 1. The van der Waals surface area contributed by atoms with Crippen LogP contribution in [0.5, 0.6) is 0 Å². The summed E-state index contributed by atoms with van der Waals surface area (Å²) in [6, 6.07) is 9.46. The molecule has 0 spiro atoms. The minimum atomic E-state index is 0.617. The van der Waals surface area contributed by atoms with E-state index >= 15 is 0 Å². The molecule has 17 heavy (non-hydrogen) atoms. The van der Waals surface area contributed by atoms with E-state index < -0.39 is 0 Å². The first-order valence-electron chi connectivity index (χ1n) is 6.82. The molecule has 1 aromatic rings. The molecule has 1 N–H and O–H groups in total. The highest BCUT2D eigenvalue weighted by molar-refractivity contribution is 5.26. The largest absolute Gasteiger partial charge is 0.313 e. The average molecular weight is 232 g/mol. The summed E-state index contributed by atoms with van der Waals surface area (Å²) in [5.74, 6) is 0. The molecule has 1 aliphatic heterocycles. The van der Waals surface area contributed by atoms with Gasteiger partial charge in [-0.1, -0.05) is 31.2 Å². The molecule has 2 heteroatoms. The van der Waals surface area contributed by atoms with Crippen LogP contribution in [-0.2, 0) is 13.0 Å². The number of aryl methyl sites for hydroxylation is 1. The van der Waals surface area contributed by atoms with E-state index in [4.69, 9.17) is 0 Å². The SMILES string of the molecule is CCc1ccccc1CN1CCCNC(C)C1. The van der Waals surface area contributed by atoms with Crippen molar-refractivity contribution in [1.29, 1.82) is 0 Å². The van der Waals surface area contributed by atoms with E-state index in [2.05, 4.69) is 48.3 Å². The molecule has 1 unspecified atom stereocenters. The standard InChI is InChI=1S/C15H24N2/c1-3-14-7-4-5-8-15(14)12-17-10-6-9-16-13(2)11-17/h4-5,7-8,13,16H,3,6,9-12H2,1-2H3. The Balaban J connectivity index is 2.03. The average Bonchev–Trinajstić information content (AvgIpc) is 2.54. The molecule has 0 amide bonds. The van der Waals surface area contributed by atoms with E-state index in [1.165, 1.54) is 24.1 Å². The van der Waals surface area contributed by atoms with E-state index in [0.29, 0.717) is 6.04 Å². The second-order valence-electron chi connectivity index (χ2n) is 5.07. The van der Waals surface area contributed by atoms with Crippen molar-refractivity contribution in [3.63, 3.8) is 0 Å². The number of nitrogens with zero attached hydrogens (tertiary/aromatic N) is 1. The lowest BCUT2D eigenvalue weighted by molar-refractivity contribution is 0.264. The fourth-order valence-electron chi connectivity index (χ4n) is 2.64. The first kappa shape index (κ1) is 12.6. The maximum atomic E-state index is 3.55. The lowest BCUT2D eigenvalue weighted by atomic mass is 10.0. The van der Waals surface area contributed by atoms with E-state index in [0.717, 1.165) is 26.1 Å². The van der Waals surface area contributed by atoms with Gasteiger partial charge in [-0.05, 0) is 44.0 Å². The molecule has 1 aliphatic rings. The third-order valence-electron chi connectivity index (χ3n) is 3.57. The van der Waals surface area contributed by atoms with Crippen LogP contribution in [0.2, 0.25) is 0 Å². The lowest BCUT2D eigenvalue weighted by Gasteiger charge is -2.23. The zero-order valence-corrected chi connectivity index (χ0v) is 11.1. The second-order valence-corrected chi connectivity index (χ2v) is 5.07. The Hall–Kier alpha value is -0.860. The van der Waals surface area contributed by atoms with Gasteiger partial charge in [-0.15, -0.1) is 0 Å². The number of nitrogens with one attached hydrogen (secondary N) is 1. The van der Waals surface area contributed by atoms with Crippen LogP contribution in [0.15, 0.2) is 24.3 Å². The quantitative estimate of drug-likeness (QED) is 0.861. The van der Waals surface area contributed by atoms with E-state index in [1.807, 2.05) is 0 Å². The molecule has 1 heterocycles. The van der Waals surface area contributed by atoms with Crippen molar-refractivity contribution in [3.05, 3.63) is 35.4 Å². The molecule has 94 valence electrons. The predicted molar refractivity (Wildman–Crippen MR) is 73.2 cm³/mol. The summed E-state index contributed by atoms with van der Waals surface area (Å²) in [7, 11) is 0. The normalized spacial score (nSPS) is 22.4. The van der Waals surface area contributed by atoms with Crippen molar-refractivity contribution in [1.82, 2.24) is 10.2 Å². The van der Waals surface area contributed by atoms with Crippen LogP contribution < -0.4 is 5.32 Å². The first-order valence-corrected chi connectivity index (χ1v) is 6.82. The highest BCUT2D eigenvalue weighted by Gasteiger charge is 2.14. The van der Waals surface area contributed by atoms with E-state index in [1.54, 1.807) is 0 Å². The summed E-state index contributed by atoms with van der Waals surface area (Å²) in [5.41, 5.74) is 3.00. The van der Waals surface area contributed by atoms with Gasteiger partial charge in [0.1, 0.15) is 0 Å². The Morgan fingerprint density at radius 1 is 1.29 bits per heavy atom. The van der Waals surface area contributed by atoms with Gasteiger partial charge in [0.2, 0.25) is 0 Å². The first-order chi connectivity index (χ1) is 8.29. The van der Waals surface area contributed by atoms with Crippen molar-refractivity contribution in [2.75, 3.05) is 19.6 Å². The number of hydrogen-bond acceptors (Lipinski definition) is 2. The van der Waals surface area contributed by atoms with Crippen LogP contribution in [-0.4, -0.2) is 30.6 Å². The number of benzene rings is 1. The highest BCUT2D eigenvalue weighted by atomic mass is 15.2. The summed E-state index contributed by atoms with van der Waals surface area (Å²) in [4.78, 5) is 2.58. The molecule has 1 aromatic carbocycles.